The summed E-state index contributed by atoms with van der Waals surface area (Å²) in [6, 6.07) is 0.671. The second kappa shape index (κ2) is 5.23. The Morgan fingerprint density at radius 1 is 1.47 bits per heavy atom. The standard InChI is InChI=1S/C11H20N2OS/c12-11(15)5-2-6-13-7-8-14-10-4-1-3-9(10)13/h9-10H,1-8H2,(H2,12,15). The van der Waals surface area contributed by atoms with Gasteiger partial charge >= 0.3 is 0 Å². The Morgan fingerprint density at radius 3 is 3.13 bits per heavy atom. The summed E-state index contributed by atoms with van der Waals surface area (Å²) in [5, 5.41) is 0. The van der Waals surface area contributed by atoms with Gasteiger partial charge in [0.2, 0.25) is 0 Å². The van der Waals surface area contributed by atoms with Gasteiger partial charge in [0.15, 0.2) is 0 Å². The van der Waals surface area contributed by atoms with Crippen LogP contribution >= 0.6 is 12.2 Å². The van der Waals surface area contributed by atoms with E-state index in [0.29, 0.717) is 17.1 Å². The zero-order valence-corrected chi connectivity index (χ0v) is 9.97. The van der Waals surface area contributed by atoms with Crippen LogP contribution in [0.5, 0.6) is 0 Å². The lowest BCUT2D eigenvalue weighted by atomic mass is 10.1. The van der Waals surface area contributed by atoms with Gasteiger partial charge in [0.25, 0.3) is 0 Å². The largest absolute Gasteiger partial charge is 0.393 e. The number of ether oxygens (including phenoxy) is 1. The Kier molecular flexibility index (Phi) is 3.94. The summed E-state index contributed by atoms with van der Waals surface area (Å²) >= 11 is 4.89. The van der Waals surface area contributed by atoms with Crippen molar-refractivity contribution in [2.75, 3.05) is 19.7 Å². The SMILES string of the molecule is NC(=S)CCCN1CCOC2CCCC21. The van der Waals surface area contributed by atoms with Crippen LogP contribution in [0.15, 0.2) is 0 Å². The van der Waals surface area contributed by atoms with Crippen molar-refractivity contribution in [3.63, 3.8) is 0 Å². The van der Waals surface area contributed by atoms with Crippen molar-refractivity contribution in [3.05, 3.63) is 0 Å². The summed E-state index contributed by atoms with van der Waals surface area (Å²) in [5.41, 5.74) is 5.50. The van der Waals surface area contributed by atoms with Gasteiger partial charge in [-0.1, -0.05) is 12.2 Å². The number of rotatable bonds is 4. The number of hydrogen-bond acceptors (Lipinski definition) is 3. The maximum atomic E-state index is 5.77. The first-order valence-corrected chi connectivity index (χ1v) is 6.32. The van der Waals surface area contributed by atoms with Crippen molar-refractivity contribution >= 4 is 17.2 Å². The number of fused-ring (bicyclic) bond motifs is 1. The van der Waals surface area contributed by atoms with Crippen LogP contribution in [0.1, 0.15) is 32.1 Å². The number of morpholine rings is 1. The van der Waals surface area contributed by atoms with Crippen LogP contribution in [0.25, 0.3) is 0 Å². The van der Waals surface area contributed by atoms with Gasteiger partial charge in [-0.3, -0.25) is 4.90 Å². The molecule has 1 saturated heterocycles. The first-order valence-electron chi connectivity index (χ1n) is 5.91. The van der Waals surface area contributed by atoms with Crippen molar-refractivity contribution in [1.82, 2.24) is 4.90 Å². The maximum absolute atomic E-state index is 5.77. The topological polar surface area (TPSA) is 38.5 Å². The molecule has 0 aromatic heterocycles. The molecule has 2 fully saturated rings. The van der Waals surface area contributed by atoms with E-state index in [1.807, 2.05) is 0 Å². The molecule has 1 saturated carbocycles. The molecule has 0 radical (unpaired) electrons. The fraction of sp³-hybridized carbons (Fsp3) is 0.909. The highest BCUT2D eigenvalue weighted by atomic mass is 32.1. The van der Waals surface area contributed by atoms with Crippen LogP contribution in [0, 0.1) is 0 Å². The molecule has 2 N–H and O–H groups in total. The van der Waals surface area contributed by atoms with Crippen LogP contribution < -0.4 is 5.73 Å². The lowest BCUT2D eigenvalue weighted by Gasteiger charge is -2.37. The summed E-state index contributed by atoms with van der Waals surface area (Å²) < 4.78 is 5.77. The summed E-state index contributed by atoms with van der Waals surface area (Å²) in [6.45, 7) is 3.11. The molecule has 86 valence electrons. The summed E-state index contributed by atoms with van der Waals surface area (Å²) in [6.07, 6.45) is 6.35. The van der Waals surface area contributed by atoms with Gasteiger partial charge in [0.1, 0.15) is 0 Å². The van der Waals surface area contributed by atoms with Crippen molar-refractivity contribution < 1.29 is 4.74 Å². The van der Waals surface area contributed by atoms with Crippen LogP contribution in [0.2, 0.25) is 0 Å². The van der Waals surface area contributed by atoms with E-state index in [2.05, 4.69) is 4.90 Å². The fourth-order valence-electron chi connectivity index (χ4n) is 2.74. The quantitative estimate of drug-likeness (QED) is 0.736. The minimum absolute atomic E-state index is 0.503. The first kappa shape index (κ1) is 11.3. The van der Waals surface area contributed by atoms with Crippen LogP contribution in [-0.4, -0.2) is 41.7 Å². The highest BCUT2D eigenvalue weighted by Gasteiger charge is 2.35. The van der Waals surface area contributed by atoms with E-state index in [1.165, 1.54) is 19.3 Å². The van der Waals surface area contributed by atoms with E-state index >= 15 is 0 Å². The summed E-state index contributed by atoms with van der Waals surface area (Å²) in [4.78, 5) is 3.21. The maximum Gasteiger partial charge on any atom is 0.0730 e. The zero-order valence-electron chi connectivity index (χ0n) is 9.15. The molecule has 0 spiro atoms. The van der Waals surface area contributed by atoms with Crippen LogP contribution in [-0.2, 0) is 4.74 Å². The van der Waals surface area contributed by atoms with E-state index in [-0.39, 0.29) is 0 Å². The molecular formula is C11H20N2OS. The van der Waals surface area contributed by atoms with Crippen LogP contribution in [0.4, 0.5) is 0 Å². The monoisotopic (exact) mass is 228 g/mol. The lowest BCUT2D eigenvalue weighted by molar-refractivity contribution is -0.0555. The van der Waals surface area contributed by atoms with Crippen molar-refractivity contribution in [1.29, 1.82) is 0 Å². The zero-order chi connectivity index (χ0) is 10.7. The molecule has 4 heteroatoms. The van der Waals surface area contributed by atoms with Crippen molar-refractivity contribution in [2.45, 2.75) is 44.2 Å². The van der Waals surface area contributed by atoms with Gasteiger partial charge in [0.05, 0.1) is 17.7 Å². The minimum atomic E-state index is 0.503. The molecule has 0 aromatic carbocycles. The highest BCUT2D eigenvalue weighted by Crippen LogP contribution is 2.29. The van der Waals surface area contributed by atoms with Gasteiger partial charge in [-0.2, -0.15) is 0 Å². The second-order valence-electron chi connectivity index (χ2n) is 4.51. The van der Waals surface area contributed by atoms with Crippen molar-refractivity contribution in [2.24, 2.45) is 5.73 Å². The van der Waals surface area contributed by atoms with Crippen LogP contribution in [0.3, 0.4) is 0 Å². The predicted octanol–water partition coefficient (Wildman–Crippen LogP) is 1.31. The molecule has 3 nitrogen and oxygen atoms in total. The minimum Gasteiger partial charge on any atom is -0.393 e. The first-order chi connectivity index (χ1) is 7.27. The molecular weight excluding hydrogens is 208 g/mol. The highest BCUT2D eigenvalue weighted by molar-refractivity contribution is 7.80. The number of thiocarbonyl (C=S) groups is 1. The Morgan fingerprint density at radius 2 is 2.33 bits per heavy atom. The van der Waals surface area contributed by atoms with Gasteiger partial charge < -0.3 is 10.5 Å². The number of nitrogens with zero attached hydrogens (tertiary/aromatic N) is 1. The normalized spacial score (nSPS) is 31.5. The Balaban J connectivity index is 1.77. The third kappa shape index (κ3) is 2.89. The average Bonchev–Trinajstić information content (AvgIpc) is 2.65. The Labute approximate surface area is 96.9 Å². The molecule has 2 aliphatic rings. The molecule has 2 rings (SSSR count). The van der Waals surface area contributed by atoms with E-state index in [4.69, 9.17) is 22.7 Å². The van der Waals surface area contributed by atoms with Gasteiger partial charge in [-0.05, 0) is 38.6 Å². The molecule has 1 aliphatic carbocycles. The summed E-state index contributed by atoms with van der Waals surface area (Å²) in [7, 11) is 0. The molecule has 1 heterocycles. The molecule has 1 aliphatic heterocycles. The Bertz CT molecular complexity index is 235. The number of hydrogen-bond donors (Lipinski definition) is 1. The fourth-order valence-corrected chi connectivity index (χ4v) is 2.88. The van der Waals surface area contributed by atoms with E-state index in [1.54, 1.807) is 0 Å². The molecule has 15 heavy (non-hydrogen) atoms. The summed E-state index contributed by atoms with van der Waals surface area (Å²) in [5.74, 6) is 0. The van der Waals surface area contributed by atoms with Crippen molar-refractivity contribution in [3.8, 4) is 0 Å². The van der Waals surface area contributed by atoms with E-state index in [0.717, 1.165) is 32.5 Å². The predicted molar refractivity (Wildman–Crippen MR) is 65.0 cm³/mol. The van der Waals surface area contributed by atoms with E-state index < -0.39 is 0 Å². The molecule has 2 atom stereocenters. The van der Waals surface area contributed by atoms with Gasteiger partial charge in [0, 0.05) is 12.6 Å². The second-order valence-corrected chi connectivity index (χ2v) is 5.04. The molecule has 2 unspecified atom stereocenters. The smallest absolute Gasteiger partial charge is 0.0730 e. The van der Waals surface area contributed by atoms with Gasteiger partial charge in [-0.25, -0.2) is 0 Å². The molecule has 0 amide bonds. The third-order valence-electron chi connectivity index (χ3n) is 3.47. The van der Waals surface area contributed by atoms with E-state index in [9.17, 15) is 0 Å². The molecule has 0 bridgehead atoms. The number of nitrogens with two attached hydrogens (primary N) is 1. The molecule has 0 aromatic rings. The van der Waals surface area contributed by atoms with Gasteiger partial charge in [-0.15, -0.1) is 0 Å². The average molecular weight is 228 g/mol. The lowest BCUT2D eigenvalue weighted by Crippen LogP contribution is -2.48. The Hall–Kier alpha value is -0.190. The third-order valence-corrected chi connectivity index (χ3v) is 3.67.